The Morgan fingerprint density at radius 3 is 2.56 bits per heavy atom. The molecule has 1 heterocycles. The van der Waals surface area contributed by atoms with Gasteiger partial charge in [-0.3, -0.25) is 9.59 Å². The van der Waals surface area contributed by atoms with Crippen LogP contribution in [-0.4, -0.2) is 36.1 Å². The highest BCUT2D eigenvalue weighted by Gasteiger charge is 2.17. The fourth-order valence-electron chi connectivity index (χ4n) is 1.87. The van der Waals surface area contributed by atoms with Gasteiger partial charge in [-0.05, 0) is 46.2 Å². The number of rotatable bonds is 8. The van der Waals surface area contributed by atoms with Gasteiger partial charge < -0.3 is 25.1 Å². The van der Waals surface area contributed by atoms with Gasteiger partial charge in [-0.1, -0.05) is 0 Å². The van der Waals surface area contributed by atoms with Gasteiger partial charge in [0.2, 0.25) is 11.8 Å². The predicted octanol–water partition coefficient (Wildman–Crippen LogP) is 1.71. The first kappa shape index (κ1) is 20.5. The number of carbonyl (C=O) groups excluding carboxylic acids is 3. The molecule has 0 radical (unpaired) electrons. The molecule has 8 nitrogen and oxygen atoms in total. The van der Waals surface area contributed by atoms with Crippen LogP contribution < -0.4 is 16.0 Å². The highest BCUT2D eigenvalue weighted by atomic mass is 16.6. The smallest absolute Gasteiger partial charge is 0.407 e. The van der Waals surface area contributed by atoms with Crippen molar-refractivity contribution in [3.8, 4) is 0 Å². The monoisotopic (exact) mass is 353 g/mol. The van der Waals surface area contributed by atoms with E-state index in [-0.39, 0.29) is 24.8 Å². The van der Waals surface area contributed by atoms with Gasteiger partial charge in [0.25, 0.3) is 0 Å². The highest BCUT2D eigenvalue weighted by Crippen LogP contribution is 2.06. The normalized spacial score (nSPS) is 12.2. The Kier molecular flexibility index (Phi) is 7.97. The summed E-state index contributed by atoms with van der Waals surface area (Å²) in [5, 5.41) is 7.86. The van der Waals surface area contributed by atoms with Crippen molar-refractivity contribution in [2.75, 3.05) is 6.54 Å². The standard InChI is InChI=1S/C17H27N3O5/c1-12(15(22)19-11-13-7-6-10-24-13)20-14(21)8-5-9-18-16(23)25-17(2,3)4/h6-7,10,12H,5,8-9,11H2,1-4H3,(H,18,23)(H,19,22)(H,20,21)/t12-/m0/s1. The Balaban J connectivity index is 2.16. The van der Waals surface area contributed by atoms with Crippen molar-refractivity contribution in [1.29, 1.82) is 0 Å². The number of ether oxygens (including phenoxy) is 1. The minimum absolute atomic E-state index is 0.200. The summed E-state index contributed by atoms with van der Waals surface area (Å²) in [6.45, 7) is 7.52. The molecule has 1 rings (SSSR count). The van der Waals surface area contributed by atoms with E-state index < -0.39 is 17.7 Å². The summed E-state index contributed by atoms with van der Waals surface area (Å²) in [6, 6.07) is 2.83. The zero-order valence-corrected chi connectivity index (χ0v) is 15.2. The first-order valence-corrected chi connectivity index (χ1v) is 8.23. The van der Waals surface area contributed by atoms with E-state index in [9.17, 15) is 14.4 Å². The minimum Gasteiger partial charge on any atom is -0.467 e. The molecule has 8 heteroatoms. The van der Waals surface area contributed by atoms with E-state index in [1.54, 1.807) is 39.8 Å². The van der Waals surface area contributed by atoms with Crippen LogP contribution in [0, 0.1) is 0 Å². The summed E-state index contributed by atoms with van der Waals surface area (Å²) < 4.78 is 10.2. The maximum absolute atomic E-state index is 11.9. The lowest BCUT2D eigenvalue weighted by Gasteiger charge is -2.19. The van der Waals surface area contributed by atoms with Crippen LogP contribution in [0.4, 0.5) is 4.79 Å². The fourth-order valence-corrected chi connectivity index (χ4v) is 1.87. The van der Waals surface area contributed by atoms with Gasteiger partial charge in [-0.2, -0.15) is 0 Å². The zero-order chi connectivity index (χ0) is 18.9. The lowest BCUT2D eigenvalue weighted by atomic mass is 10.2. The second-order valence-electron chi connectivity index (χ2n) is 6.62. The zero-order valence-electron chi connectivity index (χ0n) is 15.2. The molecule has 0 saturated heterocycles. The Morgan fingerprint density at radius 1 is 1.24 bits per heavy atom. The molecule has 3 amide bonds. The molecule has 1 aromatic heterocycles. The number of carbonyl (C=O) groups is 3. The molecule has 0 fully saturated rings. The SMILES string of the molecule is C[C@H](NC(=O)CCCNC(=O)OC(C)(C)C)C(=O)NCc1ccco1. The quantitative estimate of drug-likeness (QED) is 0.616. The van der Waals surface area contributed by atoms with Crippen LogP contribution in [0.2, 0.25) is 0 Å². The van der Waals surface area contributed by atoms with E-state index in [1.165, 1.54) is 6.26 Å². The molecule has 0 aliphatic rings. The maximum atomic E-state index is 11.9. The number of alkyl carbamates (subject to hydrolysis) is 1. The van der Waals surface area contributed by atoms with Crippen molar-refractivity contribution in [3.63, 3.8) is 0 Å². The molecule has 0 aromatic carbocycles. The van der Waals surface area contributed by atoms with Gasteiger partial charge in [0.15, 0.2) is 0 Å². The number of furan rings is 1. The van der Waals surface area contributed by atoms with Gasteiger partial charge in [0.1, 0.15) is 17.4 Å². The van der Waals surface area contributed by atoms with Crippen LogP contribution >= 0.6 is 0 Å². The van der Waals surface area contributed by atoms with E-state index in [1.807, 2.05) is 0 Å². The summed E-state index contributed by atoms with van der Waals surface area (Å²) in [5.74, 6) is 0.0864. The first-order valence-electron chi connectivity index (χ1n) is 8.23. The van der Waals surface area contributed by atoms with Crippen molar-refractivity contribution in [3.05, 3.63) is 24.2 Å². The molecule has 140 valence electrons. The van der Waals surface area contributed by atoms with Crippen LogP contribution in [0.1, 0.15) is 46.3 Å². The van der Waals surface area contributed by atoms with Crippen LogP contribution in [-0.2, 0) is 20.9 Å². The fraction of sp³-hybridized carbons (Fsp3) is 0.588. The largest absolute Gasteiger partial charge is 0.467 e. The van der Waals surface area contributed by atoms with Crippen LogP contribution in [0.3, 0.4) is 0 Å². The lowest BCUT2D eigenvalue weighted by molar-refractivity contribution is -0.128. The molecule has 1 atom stereocenters. The van der Waals surface area contributed by atoms with Crippen molar-refractivity contribution in [1.82, 2.24) is 16.0 Å². The molecule has 0 unspecified atom stereocenters. The summed E-state index contributed by atoms with van der Waals surface area (Å²) >= 11 is 0. The Hall–Kier alpha value is -2.51. The van der Waals surface area contributed by atoms with Crippen LogP contribution in [0.25, 0.3) is 0 Å². The first-order chi connectivity index (χ1) is 11.7. The summed E-state index contributed by atoms with van der Waals surface area (Å²) in [5.41, 5.74) is -0.556. The molecule has 25 heavy (non-hydrogen) atoms. The van der Waals surface area contributed by atoms with Crippen molar-refractivity contribution >= 4 is 17.9 Å². The van der Waals surface area contributed by atoms with E-state index in [0.717, 1.165) is 0 Å². The van der Waals surface area contributed by atoms with Crippen molar-refractivity contribution < 1.29 is 23.5 Å². The third-order valence-corrected chi connectivity index (χ3v) is 3.04. The molecule has 3 N–H and O–H groups in total. The maximum Gasteiger partial charge on any atom is 0.407 e. The van der Waals surface area contributed by atoms with Crippen LogP contribution in [0.5, 0.6) is 0 Å². The third kappa shape index (κ3) is 9.39. The summed E-state index contributed by atoms with van der Waals surface area (Å²) in [4.78, 5) is 35.1. The van der Waals surface area contributed by atoms with Gasteiger partial charge in [0, 0.05) is 13.0 Å². The van der Waals surface area contributed by atoms with Gasteiger partial charge in [0.05, 0.1) is 12.8 Å². The Labute approximate surface area is 147 Å². The summed E-state index contributed by atoms with van der Waals surface area (Å²) in [7, 11) is 0. The van der Waals surface area contributed by atoms with E-state index in [4.69, 9.17) is 9.15 Å². The number of amides is 3. The average molecular weight is 353 g/mol. The molecule has 0 aliphatic carbocycles. The number of hydrogen-bond acceptors (Lipinski definition) is 5. The Bertz CT molecular complexity index is 563. The molecule has 0 aliphatic heterocycles. The molecule has 0 saturated carbocycles. The van der Waals surface area contributed by atoms with E-state index >= 15 is 0 Å². The third-order valence-electron chi connectivity index (χ3n) is 3.04. The Morgan fingerprint density at radius 2 is 1.96 bits per heavy atom. The molecular formula is C17H27N3O5. The van der Waals surface area contributed by atoms with Crippen LogP contribution in [0.15, 0.2) is 22.8 Å². The molecule has 0 bridgehead atoms. The number of hydrogen-bond donors (Lipinski definition) is 3. The number of nitrogens with one attached hydrogen (secondary N) is 3. The van der Waals surface area contributed by atoms with Gasteiger partial charge >= 0.3 is 6.09 Å². The van der Waals surface area contributed by atoms with E-state index in [0.29, 0.717) is 18.7 Å². The molecule has 0 spiro atoms. The average Bonchev–Trinajstić information content (AvgIpc) is 3.00. The van der Waals surface area contributed by atoms with Crippen molar-refractivity contribution in [2.24, 2.45) is 0 Å². The minimum atomic E-state index is -0.652. The van der Waals surface area contributed by atoms with E-state index in [2.05, 4.69) is 16.0 Å². The second-order valence-corrected chi connectivity index (χ2v) is 6.62. The van der Waals surface area contributed by atoms with Gasteiger partial charge in [-0.15, -0.1) is 0 Å². The van der Waals surface area contributed by atoms with Crippen molar-refractivity contribution in [2.45, 2.75) is 58.7 Å². The van der Waals surface area contributed by atoms with Gasteiger partial charge in [-0.25, -0.2) is 4.79 Å². The second kappa shape index (κ2) is 9.71. The predicted molar refractivity (Wildman–Crippen MR) is 91.6 cm³/mol. The lowest BCUT2D eigenvalue weighted by Crippen LogP contribution is -2.44. The highest BCUT2D eigenvalue weighted by molar-refractivity contribution is 5.87. The summed E-state index contributed by atoms with van der Waals surface area (Å²) in [6.07, 6.45) is 1.66. The molecule has 1 aromatic rings. The topological polar surface area (TPSA) is 110 Å². The molecular weight excluding hydrogens is 326 g/mol.